The van der Waals surface area contributed by atoms with E-state index in [9.17, 15) is 5.11 Å². The molecule has 0 saturated carbocycles. The van der Waals surface area contributed by atoms with Gasteiger partial charge in [-0.2, -0.15) is 0 Å². The number of benzene rings is 2. The van der Waals surface area contributed by atoms with Gasteiger partial charge in [-0.15, -0.1) is 0 Å². The summed E-state index contributed by atoms with van der Waals surface area (Å²) in [4.78, 5) is 9.54. The van der Waals surface area contributed by atoms with E-state index in [4.69, 9.17) is 14.9 Å². The van der Waals surface area contributed by atoms with Gasteiger partial charge in [0.15, 0.2) is 11.5 Å². The summed E-state index contributed by atoms with van der Waals surface area (Å²) < 4.78 is 10.6. The van der Waals surface area contributed by atoms with E-state index in [0.29, 0.717) is 22.9 Å². The van der Waals surface area contributed by atoms with Crippen LogP contribution in [0.2, 0.25) is 0 Å². The van der Waals surface area contributed by atoms with Crippen molar-refractivity contribution in [1.29, 1.82) is 5.41 Å². The Morgan fingerprint density at radius 1 is 1.07 bits per heavy atom. The Labute approximate surface area is 162 Å². The van der Waals surface area contributed by atoms with Gasteiger partial charge in [0.25, 0.3) is 0 Å². The summed E-state index contributed by atoms with van der Waals surface area (Å²) >= 11 is 0. The Bertz CT molecular complexity index is 1090. The molecule has 0 bridgehead atoms. The van der Waals surface area contributed by atoms with Crippen molar-refractivity contribution in [2.24, 2.45) is 0 Å². The number of H-pyrrole nitrogens is 1. The maximum Gasteiger partial charge on any atom is 0.162 e. The Morgan fingerprint density at radius 2 is 1.79 bits per heavy atom. The van der Waals surface area contributed by atoms with Crippen LogP contribution in [0.1, 0.15) is 17.0 Å². The molecule has 0 spiro atoms. The summed E-state index contributed by atoms with van der Waals surface area (Å²) in [5.74, 6) is 1.95. The lowest BCUT2D eigenvalue weighted by Gasteiger charge is -2.20. The number of rotatable bonds is 4. The summed E-state index contributed by atoms with van der Waals surface area (Å²) in [5.41, 5.74) is 5.14. The van der Waals surface area contributed by atoms with Crippen molar-refractivity contribution in [3.05, 3.63) is 53.0 Å². The van der Waals surface area contributed by atoms with Crippen molar-refractivity contribution in [2.75, 3.05) is 25.7 Å². The number of hydrogen-bond donors (Lipinski definition) is 3. The molecule has 0 radical (unpaired) electrons. The van der Waals surface area contributed by atoms with Crippen LogP contribution in [0.5, 0.6) is 11.5 Å². The second kappa shape index (κ2) is 6.60. The third kappa shape index (κ3) is 2.76. The molecule has 0 atom stereocenters. The molecule has 0 amide bonds. The quantitative estimate of drug-likeness (QED) is 0.639. The number of aliphatic hydroxyl groups is 1. The van der Waals surface area contributed by atoms with Crippen molar-refractivity contribution in [3.8, 4) is 11.5 Å². The molecule has 0 fully saturated rings. The van der Waals surface area contributed by atoms with Crippen molar-refractivity contribution < 1.29 is 14.6 Å². The molecular weight excluding hydrogens is 356 g/mol. The van der Waals surface area contributed by atoms with Gasteiger partial charge in [0, 0.05) is 11.8 Å². The minimum atomic E-state index is 0.104. The lowest BCUT2D eigenvalue weighted by molar-refractivity contribution is 0.355. The molecular formula is C21H22N4O3. The molecule has 3 aromatic rings. The summed E-state index contributed by atoms with van der Waals surface area (Å²) in [6.07, 6.45) is 0. The lowest BCUT2D eigenvalue weighted by Crippen LogP contribution is -2.26. The maximum absolute atomic E-state index is 10.6. The van der Waals surface area contributed by atoms with Gasteiger partial charge in [-0.25, -0.2) is 4.98 Å². The molecule has 144 valence electrons. The first-order valence-corrected chi connectivity index (χ1v) is 8.91. The van der Waals surface area contributed by atoms with Crippen molar-refractivity contribution in [3.63, 3.8) is 0 Å². The molecule has 4 rings (SSSR count). The van der Waals surface area contributed by atoms with Gasteiger partial charge in [0.05, 0.1) is 37.4 Å². The number of imidazole rings is 1. The van der Waals surface area contributed by atoms with E-state index in [1.165, 1.54) is 0 Å². The normalized spacial score (nSPS) is 14.3. The minimum Gasteiger partial charge on any atom is -0.509 e. The zero-order chi connectivity index (χ0) is 20.0. The number of nitrogens with one attached hydrogen (secondary N) is 2. The second-order valence-corrected chi connectivity index (χ2v) is 6.83. The van der Waals surface area contributed by atoms with Gasteiger partial charge in [-0.05, 0) is 49.2 Å². The molecule has 28 heavy (non-hydrogen) atoms. The molecule has 7 nitrogen and oxygen atoms in total. The van der Waals surface area contributed by atoms with E-state index in [0.717, 1.165) is 27.8 Å². The van der Waals surface area contributed by atoms with Crippen molar-refractivity contribution >= 4 is 28.1 Å². The maximum atomic E-state index is 10.6. The number of aromatic nitrogens is 2. The van der Waals surface area contributed by atoms with Crippen LogP contribution < -0.4 is 14.4 Å². The highest BCUT2D eigenvalue weighted by molar-refractivity contribution is 6.30. The Morgan fingerprint density at radius 3 is 2.50 bits per heavy atom. The van der Waals surface area contributed by atoms with Crippen LogP contribution in [0.3, 0.4) is 0 Å². The third-order valence-electron chi connectivity index (χ3n) is 5.12. The van der Waals surface area contributed by atoms with Crippen LogP contribution in [0, 0.1) is 19.3 Å². The minimum absolute atomic E-state index is 0.104. The van der Waals surface area contributed by atoms with Gasteiger partial charge in [-0.3, -0.25) is 5.41 Å². The molecule has 2 aromatic carbocycles. The van der Waals surface area contributed by atoms with E-state index in [2.05, 4.69) is 9.97 Å². The molecule has 0 saturated heterocycles. The number of anilines is 1. The average molecular weight is 378 g/mol. The molecule has 3 N–H and O–H groups in total. The number of fused-ring (bicyclic) bond motifs is 1. The van der Waals surface area contributed by atoms with E-state index in [1.807, 2.05) is 32.0 Å². The molecule has 2 heterocycles. The number of aryl methyl sites for hydroxylation is 2. The van der Waals surface area contributed by atoms with Gasteiger partial charge in [0.1, 0.15) is 17.4 Å². The summed E-state index contributed by atoms with van der Waals surface area (Å²) in [6.45, 7) is 4.28. The predicted molar refractivity (Wildman–Crippen MR) is 110 cm³/mol. The van der Waals surface area contributed by atoms with Crippen LogP contribution in [0.25, 0.3) is 16.6 Å². The predicted octanol–water partition coefficient (Wildman–Crippen LogP) is 3.96. The van der Waals surface area contributed by atoms with Gasteiger partial charge < -0.3 is 24.5 Å². The zero-order valence-corrected chi connectivity index (χ0v) is 16.3. The molecule has 7 heteroatoms. The van der Waals surface area contributed by atoms with Gasteiger partial charge in [0.2, 0.25) is 0 Å². The summed E-state index contributed by atoms with van der Waals surface area (Å²) in [6, 6.07) is 9.44. The summed E-state index contributed by atoms with van der Waals surface area (Å²) in [7, 11) is 3.14. The monoisotopic (exact) mass is 378 g/mol. The fourth-order valence-electron chi connectivity index (χ4n) is 3.43. The summed E-state index contributed by atoms with van der Waals surface area (Å²) in [5, 5.41) is 19.2. The first-order chi connectivity index (χ1) is 13.4. The SMILES string of the molecule is COc1ccc(N2CC(O)=C(c3nc4cc(C)c(C)cc4[nH]3)C2=N)cc1OC. The standard InChI is InChI=1S/C21H22N4O3/c1-11-7-14-15(8-12(11)2)24-21(23-14)19-16(26)10-25(20(19)22)13-5-6-17(27-3)18(9-13)28-4/h5-9,22,26H,10H2,1-4H3,(H,23,24). The fraction of sp³-hybridized carbons (Fsp3) is 0.238. The fourth-order valence-corrected chi connectivity index (χ4v) is 3.43. The largest absolute Gasteiger partial charge is 0.509 e. The lowest BCUT2D eigenvalue weighted by atomic mass is 10.1. The first kappa shape index (κ1) is 17.9. The van der Waals surface area contributed by atoms with Crippen molar-refractivity contribution in [1.82, 2.24) is 9.97 Å². The Kier molecular flexibility index (Phi) is 4.22. The third-order valence-corrected chi connectivity index (χ3v) is 5.12. The number of hydrogen-bond acceptors (Lipinski definition) is 5. The molecule has 1 aliphatic heterocycles. The van der Waals surface area contributed by atoms with E-state index < -0.39 is 0 Å². The van der Waals surface area contributed by atoms with Gasteiger partial charge >= 0.3 is 0 Å². The number of methoxy groups -OCH3 is 2. The highest BCUT2D eigenvalue weighted by Crippen LogP contribution is 2.36. The van der Waals surface area contributed by atoms with Crippen molar-refractivity contribution in [2.45, 2.75) is 13.8 Å². The zero-order valence-electron chi connectivity index (χ0n) is 16.3. The molecule has 1 aliphatic rings. The van der Waals surface area contributed by atoms with Crippen LogP contribution >= 0.6 is 0 Å². The smallest absolute Gasteiger partial charge is 0.162 e. The Balaban J connectivity index is 1.71. The average Bonchev–Trinajstić information content (AvgIpc) is 3.20. The van der Waals surface area contributed by atoms with E-state index >= 15 is 0 Å². The number of nitrogens with zero attached hydrogens (tertiary/aromatic N) is 2. The van der Waals surface area contributed by atoms with Crippen LogP contribution in [0.15, 0.2) is 36.1 Å². The number of aliphatic hydroxyl groups excluding tert-OH is 1. The topological polar surface area (TPSA) is 94.5 Å². The highest BCUT2D eigenvalue weighted by atomic mass is 16.5. The van der Waals surface area contributed by atoms with Crippen LogP contribution in [0.4, 0.5) is 5.69 Å². The molecule has 0 aliphatic carbocycles. The van der Waals surface area contributed by atoms with E-state index in [-0.39, 0.29) is 18.1 Å². The van der Waals surface area contributed by atoms with Crippen LogP contribution in [-0.4, -0.2) is 41.7 Å². The van der Waals surface area contributed by atoms with E-state index in [1.54, 1.807) is 31.3 Å². The number of ether oxygens (including phenoxy) is 2. The Hall–Kier alpha value is -3.48. The van der Waals surface area contributed by atoms with Gasteiger partial charge in [-0.1, -0.05) is 0 Å². The highest BCUT2D eigenvalue weighted by Gasteiger charge is 2.31. The number of aromatic amines is 1. The molecule has 1 aromatic heterocycles. The molecule has 0 unspecified atom stereocenters. The number of amidine groups is 1. The first-order valence-electron chi connectivity index (χ1n) is 8.91. The van der Waals surface area contributed by atoms with Crippen LogP contribution in [-0.2, 0) is 0 Å². The second-order valence-electron chi connectivity index (χ2n) is 6.83.